The highest BCUT2D eigenvalue weighted by atomic mass is 16.4. The molecule has 2 N–H and O–H groups in total. The minimum atomic E-state index is -0.915. The van der Waals surface area contributed by atoms with E-state index < -0.39 is 5.97 Å². The van der Waals surface area contributed by atoms with Gasteiger partial charge >= 0.3 is 5.97 Å². The number of aliphatic carboxylic acids is 1. The second-order valence-electron chi connectivity index (χ2n) is 3.75. The van der Waals surface area contributed by atoms with Crippen molar-refractivity contribution in [1.82, 2.24) is 5.43 Å². The van der Waals surface area contributed by atoms with Crippen LogP contribution < -0.4 is 5.43 Å². The summed E-state index contributed by atoms with van der Waals surface area (Å²) in [7, 11) is 0. The fourth-order valence-corrected chi connectivity index (χ4v) is 1.37. The molecule has 0 aromatic rings. The third-order valence-corrected chi connectivity index (χ3v) is 2.14. The molecule has 0 fully saturated rings. The Morgan fingerprint density at radius 2 is 2.43 bits per heavy atom. The maximum atomic E-state index is 10.5. The number of hydrogen-bond donors (Lipinski definition) is 2. The first-order chi connectivity index (χ1) is 6.59. The van der Waals surface area contributed by atoms with Gasteiger partial charge in [0.25, 0.3) is 0 Å². The van der Waals surface area contributed by atoms with E-state index in [4.69, 9.17) is 5.11 Å². The van der Waals surface area contributed by atoms with E-state index >= 15 is 0 Å². The third-order valence-electron chi connectivity index (χ3n) is 2.14. The highest BCUT2D eigenvalue weighted by Crippen LogP contribution is 2.10. The summed E-state index contributed by atoms with van der Waals surface area (Å²) >= 11 is 0. The van der Waals surface area contributed by atoms with Gasteiger partial charge in [-0.2, -0.15) is 5.10 Å². The summed E-state index contributed by atoms with van der Waals surface area (Å²) in [6.45, 7) is 4.11. The molecule has 1 rings (SSSR count). The number of rotatable bonds is 4. The largest absolute Gasteiger partial charge is 0.477 e. The van der Waals surface area contributed by atoms with Crippen molar-refractivity contribution < 1.29 is 9.90 Å². The van der Waals surface area contributed by atoms with E-state index in [1.165, 1.54) is 5.57 Å². The summed E-state index contributed by atoms with van der Waals surface area (Å²) in [5.74, 6) is -0.915. The van der Waals surface area contributed by atoms with Crippen molar-refractivity contribution in [2.24, 2.45) is 5.10 Å². The van der Waals surface area contributed by atoms with Gasteiger partial charge in [-0.3, -0.25) is 0 Å². The van der Waals surface area contributed by atoms with E-state index in [-0.39, 0.29) is 11.8 Å². The van der Waals surface area contributed by atoms with Crippen LogP contribution >= 0.6 is 0 Å². The van der Waals surface area contributed by atoms with Crippen LogP contribution in [0.2, 0.25) is 0 Å². The monoisotopic (exact) mass is 196 g/mol. The van der Waals surface area contributed by atoms with E-state index in [0.29, 0.717) is 6.42 Å². The predicted molar refractivity (Wildman–Crippen MR) is 55.3 cm³/mol. The minimum absolute atomic E-state index is 0.191. The van der Waals surface area contributed by atoms with Crippen molar-refractivity contribution in [3.8, 4) is 0 Å². The molecule has 78 valence electrons. The van der Waals surface area contributed by atoms with Crippen molar-refractivity contribution >= 4 is 11.7 Å². The Labute approximate surface area is 83.7 Å². The lowest BCUT2D eigenvalue weighted by molar-refractivity contribution is -0.129. The van der Waals surface area contributed by atoms with Crippen LogP contribution in [-0.4, -0.2) is 22.8 Å². The summed E-state index contributed by atoms with van der Waals surface area (Å²) in [6, 6.07) is 0.191. The molecule has 0 saturated carbocycles. The van der Waals surface area contributed by atoms with Gasteiger partial charge in [-0.15, -0.1) is 0 Å². The minimum Gasteiger partial charge on any atom is -0.477 e. The fraction of sp³-hybridized carbons (Fsp3) is 0.600. The van der Waals surface area contributed by atoms with Gasteiger partial charge in [0.15, 0.2) is 0 Å². The van der Waals surface area contributed by atoms with Crippen molar-refractivity contribution in [3.63, 3.8) is 0 Å². The lowest BCUT2D eigenvalue weighted by Gasteiger charge is -2.06. The van der Waals surface area contributed by atoms with Gasteiger partial charge in [-0.25, -0.2) is 4.79 Å². The number of allylic oxidation sites excluding steroid dienone is 2. The standard InChI is InChI=1S/C10H16N2O2/c1-7(2)4-3-5-8-6-9(10(13)14)12-11-8/h4,8,11H,3,5-6H2,1-2H3,(H,13,14). The molecule has 0 aromatic heterocycles. The molecule has 1 heterocycles. The number of hydrogen-bond acceptors (Lipinski definition) is 3. The van der Waals surface area contributed by atoms with E-state index in [1.807, 2.05) is 0 Å². The van der Waals surface area contributed by atoms with E-state index in [9.17, 15) is 4.79 Å². The van der Waals surface area contributed by atoms with E-state index in [0.717, 1.165) is 12.8 Å². The predicted octanol–water partition coefficient (Wildman–Crippen LogP) is 1.54. The number of nitrogens with zero attached hydrogens (tertiary/aromatic N) is 1. The molecule has 1 aliphatic heterocycles. The van der Waals surface area contributed by atoms with Crippen molar-refractivity contribution in [3.05, 3.63) is 11.6 Å². The Kier molecular flexibility index (Phi) is 3.68. The molecule has 1 aliphatic rings. The maximum absolute atomic E-state index is 10.5. The van der Waals surface area contributed by atoms with Gasteiger partial charge in [-0.1, -0.05) is 11.6 Å². The Morgan fingerprint density at radius 3 is 2.93 bits per heavy atom. The average Bonchev–Trinajstić information content (AvgIpc) is 2.52. The summed E-state index contributed by atoms with van der Waals surface area (Å²) in [4.78, 5) is 10.5. The van der Waals surface area contributed by atoms with E-state index in [2.05, 4.69) is 30.5 Å². The van der Waals surface area contributed by atoms with Gasteiger partial charge in [0.2, 0.25) is 0 Å². The van der Waals surface area contributed by atoms with Gasteiger partial charge < -0.3 is 10.5 Å². The molecule has 4 nitrogen and oxygen atoms in total. The average molecular weight is 196 g/mol. The molecule has 0 bridgehead atoms. The van der Waals surface area contributed by atoms with Crippen molar-refractivity contribution in [2.45, 2.75) is 39.2 Å². The first-order valence-electron chi connectivity index (χ1n) is 4.78. The lowest BCUT2D eigenvalue weighted by Crippen LogP contribution is -2.19. The third kappa shape index (κ3) is 3.20. The Bertz CT molecular complexity index is 278. The van der Waals surface area contributed by atoms with Crippen LogP contribution in [0.3, 0.4) is 0 Å². The van der Waals surface area contributed by atoms with E-state index in [1.54, 1.807) is 0 Å². The lowest BCUT2D eigenvalue weighted by atomic mass is 10.1. The molecule has 1 unspecified atom stereocenters. The topological polar surface area (TPSA) is 61.7 Å². The highest BCUT2D eigenvalue weighted by Gasteiger charge is 2.22. The molecule has 4 heteroatoms. The fourth-order valence-electron chi connectivity index (χ4n) is 1.37. The number of nitrogens with one attached hydrogen (secondary N) is 1. The molecule has 0 aliphatic carbocycles. The normalized spacial score (nSPS) is 19.9. The van der Waals surface area contributed by atoms with Gasteiger partial charge in [0, 0.05) is 6.42 Å². The molecular weight excluding hydrogens is 180 g/mol. The quantitative estimate of drug-likeness (QED) is 0.670. The molecule has 1 atom stereocenters. The highest BCUT2D eigenvalue weighted by molar-refractivity contribution is 6.36. The van der Waals surface area contributed by atoms with Gasteiger partial charge in [0.05, 0.1) is 6.04 Å². The summed E-state index contributed by atoms with van der Waals surface area (Å²) < 4.78 is 0. The van der Waals surface area contributed by atoms with Crippen molar-refractivity contribution in [1.29, 1.82) is 0 Å². The smallest absolute Gasteiger partial charge is 0.352 e. The van der Waals surface area contributed by atoms with Crippen LogP contribution in [0.1, 0.15) is 33.1 Å². The number of carbonyl (C=O) groups is 1. The maximum Gasteiger partial charge on any atom is 0.352 e. The SMILES string of the molecule is CC(C)=CCCC1CC(C(=O)O)=NN1. The van der Waals surface area contributed by atoms with Gasteiger partial charge in [-0.05, 0) is 26.7 Å². The van der Waals surface area contributed by atoms with Crippen LogP contribution in [0.25, 0.3) is 0 Å². The van der Waals surface area contributed by atoms with Crippen LogP contribution in [0.5, 0.6) is 0 Å². The summed E-state index contributed by atoms with van der Waals surface area (Å²) in [5, 5.41) is 12.4. The summed E-state index contributed by atoms with van der Waals surface area (Å²) in [6.07, 6.45) is 4.60. The molecule has 0 amide bonds. The molecule has 0 aromatic carbocycles. The van der Waals surface area contributed by atoms with Crippen LogP contribution in [0.4, 0.5) is 0 Å². The van der Waals surface area contributed by atoms with Crippen molar-refractivity contribution in [2.75, 3.05) is 0 Å². The second kappa shape index (κ2) is 4.79. The first-order valence-corrected chi connectivity index (χ1v) is 4.78. The van der Waals surface area contributed by atoms with Gasteiger partial charge in [0.1, 0.15) is 5.71 Å². The number of carboxylic acid groups (broad SMARTS) is 1. The molecule has 14 heavy (non-hydrogen) atoms. The first kappa shape index (κ1) is 10.8. The zero-order valence-electron chi connectivity index (χ0n) is 8.58. The van der Waals surface area contributed by atoms with Crippen LogP contribution in [0, 0.1) is 0 Å². The summed E-state index contributed by atoms with van der Waals surface area (Å²) in [5.41, 5.74) is 4.38. The molecule has 0 spiro atoms. The second-order valence-corrected chi connectivity index (χ2v) is 3.75. The molecule has 0 saturated heterocycles. The number of hydrazone groups is 1. The molecule has 0 radical (unpaired) electrons. The Hall–Kier alpha value is -1.32. The zero-order chi connectivity index (χ0) is 10.6. The number of carboxylic acids is 1. The molecular formula is C10H16N2O2. The Balaban J connectivity index is 2.26. The van der Waals surface area contributed by atoms with Crippen LogP contribution in [0.15, 0.2) is 16.8 Å². The zero-order valence-corrected chi connectivity index (χ0v) is 8.58. The van der Waals surface area contributed by atoms with Crippen LogP contribution in [-0.2, 0) is 4.79 Å². The Morgan fingerprint density at radius 1 is 1.71 bits per heavy atom.